The van der Waals surface area contributed by atoms with Crippen LogP contribution in [-0.2, 0) is 0 Å². The van der Waals surface area contributed by atoms with Crippen molar-refractivity contribution in [2.75, 3.05) is 0 Å². The molecule has 0 aliphatic carbocycles. The van der Waals surface area contributed by atoms with Crippen molar-refractivity contribution < 1.29 is 0 Å². The predicted molar refractivity (Wildman–Crippen MR) is 50.0 cm³/mol. The number of hydrogen-bond donors (Lipinski definition) is 1. The van der Waals surface area contributed by atoms with Crippen LogP contribution in [-0.4, -0.2) is 15.2 Å². The van der Waals surface area contributed by atoms with Crippen LogP contribution in [0.4, 0.5) is 0 Å². The molecule has 0 bridgehead atoms. The molecule has 0 aliphatic rings. The first-order valence-electron chi connectivity index (χ1n) is 4.12. The Kier molecular flexibility index (Phi) is 2.80. The third-order valence-electron chi connectivity index (χ3n) is 1.55. The van der Waals surface area contributed by atoms with Gasteiger partial charge in [-0.3, -0.25) is 10.1 Å². The Morgan fingerprint density at radius 3 is 2.75 bits per heavy atom. The van der Waals surface area contributed by atoms with E-state index >= 15 is 0 Å². The summed E-state index contributed by atoms with van der Waals surface area (Å²) in [5, 5.41) is 6.75. The minimum atomic E-state index is 0.931. The molecule has 2 heterocycles. The zero-order valence-electron chi connectivity index (χ0n) is 7.63. The number of aryl methyl sites for hydroxylation is 1. The van der Waals surface area contributed by atoms with Gasteiger partial charge in [-0.15, -0.1) is 0 Å². The molecule has 2 aromatic rings. The molecule has 0 unspecified atom stereocenters. The lowest BCUT2D eigenvalue weighted by Gasteiger charge is -1.90. The summed E-state index contributed by atoms with van der Waals surface area (Å²) >= 11 is 0. The molecule has 0 saturated carbocycles. The van der Waals surface area contributed by atoms with Crippen LogP contribution in [0.3, 0.4) is 0 Å². The Morgan fingerprint density at radius 1 is 1.33 bits per heavy atom. The van der Waals surface area contributed by atoms with E-state index in [0.717, 1.165) is 11.0 Å². The second-order valence-electron chi connectivity index (χ2n) is 2.26. The Bertz CT molecular complexity index is 351. The Balaban J connectivity index is 0.000000336. The van der Waals surface area contributed by atoms with Gasteiger partial charge in [0.1, 0.15) is 5.52 Å². The van der Waals surface area contributed by atoms with Gasteiger partial charge >= 0.3 is 0 Å². The van der Waals surface area contributed by atoms with Gasteiger partial charge in [0.05, 0.1) is 11.7 Å². The van der Waals surface area contributed by atoms with Crippen LogP contribution < -0.4 is 0 Å². The highest BCUT2D eigenvalue weighted by molar-refractivity contribution is 5.76. The molecule has 12 heavy (non-hydrogen) atoms. The van der Waals surface area contributed by atoms with Crippen LogP contribution in [0.25, 0.3) is 11.0 Å². The third-order valence-corrected chi connectivity index (χ3v) is 1.55. The molecule has 0 radical (unpaired) electrons. The maximum absolute atomic E-state index is 4.11. The van der Waals surface area contributed by atoms with Gasteiger partial charge in [0.25, 0.3) is 0 Å². The molecule has 2 aromatic heterocycles. The van der Waals surface area contributed by atoms with Gasteiger partial charge in [-0.25, -0.2) is 0 Å². The molecule has 0 spiro atoms. The smallest absolute Gasteiger partial charge is 0.108 e. The minimum absolute atomic E-state index is 0.931. The van der Waals surface area contributed by atoms with Crippen molar-refractivity contribution in [3.8, 4) is 0 Å². The number of aromatic nitrogens is 3. The quantitative estimate of drug-likeness (QED) is 0.647. The molecule has 0 atom stereocenters. The Morgan fingerprint density at radius 2 is 2.08 bits per heavy atom. The van der Waals surface area contributed by atoms with E-state index < -0.39 is 0 Å². The van der Waals surface area contributed by atoms with Crippen LogP contribution in [0.5, 0.6) is 0 Å². The molecule has 64 valence electrons. The monoisotopic (exact) mass is 163 g/mol. The fraction of sp³-hybridized carbons (Fsp3) is 0.333. The Labute approximate surface area is 71.8 Å². The molecule has 3 nitrogen and oxygen atoms in total. The predicted octanol–water partition coefficient (Wildman–Crippen LogP) is 2.29. The van der Waals surface area contributed by atoms with Crippen LogP contribution in [0.15, 0.2) is 18.5 Å². The zero-order valence-corrected chi connectivity index (χ0v) is 7.63. The van der Waals surface area contributed by atoms with Crippen molar-refractivity contribution in [2.45, 2.75) is 20.8 Å². The van der Waals surface area contributed by atoms with Gasteiger partial charge < -0.3 is 0 Å². The average Bonchev–Trinajstić information content (AvgIpc) is 2.57. The van der Waals surface area contributed by atoms with Crippen molar-refractivity contribution in [1.29, 1.82) is 0 Å². The summed E-state index contributed by atoms with van der Waals surface area (Å²) in [5.41, 5.74) is 3.14. The summed E-state index contributed by atoms with van der Waals surface area (Å²) in [6.07, 6.45) is 3.51. The van der Waals surface area contributed by atoms with Gasteiger partial charge in [-0.2, -0.15) is 5.10 Å². The highest BCUT2D eigenvalue weighted by atomic mass is 15.1. The van der Waals surface area contributed by atoms with Crippen molar-refractivity contribution in [3.05, 3.63) is 24.0 Å². The lowest BCUT2D eigenvalue weighted by Crippen LogP contribution is -1.77. The largest absolute Gasteiger partial charge is 0.276 e. The summed E-state index contributed by atoms with van der Waals surface area (Å²) < 4.78 is 0. The fourth-order valence-corrected chi connectivity index (χ4v) is 0.981. The molecule has 3 heteroatoms. The topological polar surface area (TPSA) is 41.6 Å². The highest BCUT2D eigenvalue weighted by Gasteiger charge is 1.96. The van der Waals surface area contributed by atoms with E-state index in [9.17, 15) is 0 Å². The van der Waals surface area contributed by atoms with E-state index in [0.29, 0.717) is 0 Å². The molecular weight excluding hydrogens is 150 g/mol. The van der Waals surface area contributed by atoms with Crippen LogP contribution in [0, 0.1) is 6.92 Å². The molecule has 1 N–H and O–H groups in total. The number of nitrogens with zero attached hydrogens (tertiary/aromatic N) is 2. The summed E-state index contributed by atoms with van der Waals surface area (Å²) in [6, 6.07) is 1.96. The van der Waals surface area contributed by atoms with Crippen LogP contribution in [0.1, 0.15) is 19.4 Å². The average molecular weight is 163 g/mol. The SMILES string of the molecule is CC.Cc1ccnc2cn[nH]c12. The number of hydrogen-bond acceptors (Lipinski definition) is 2. The summed E-state index contributed by atoms with van der Waals surface area (Å²) in [7, 11) is 0. The molecule has 0 saturated heterocycles. The van der Waals surface area contributed by atoms with Crippen LogP contribution >= 0.6 is 0 Å². The maximum Gasteiger partial charge on any atom is 0.108 e. The first kappa shape index (κ1) is 8.71. The van der Waals surface area contributed by atoms with Crippen molar-refractivity contribution >= 4 is 11.0 Å². The summed E-state index contributed by atoms with van der Waals surface area (Å²) in [6.45, 7) is 6.03. The van der Waals surface area contributed by atoms with Gasteiger partial charge in [-0.1, -0.05) is 13.8 Å². The first-order chi connectivity index (χ1) is 5.88. The van der Waals surface area contributed by atoms with Gasteiger partial charge in [-0.05, 0) is 18.6 Å². The number of aromatic amines is 1. The number of nitrogens with one attached hydrogen (secondary N) is 1. The van der Waals surface area contributed by atoms with Crippen molar-refractivity contribution in [3.63, 3.8) is 0 Å². The van der Waals surface area contributed by atoms with Crippen molar-refractivity contribution in [2.24, 2.45) is 0 Å². The molecule has 2 rings (SSSR count). The summed E-state index contributed by atoms with van der Waals surface area (Å²) in [5.74, 6) is 0. The number of rotatable bonds is 0. The zero-order chi connectivity index (χ0) is 8.97. The van der Waals surface area contributed by atoms with E-state index in [1.165, 1.54) is 5.56 Å². The van der Waals surface area contributed by atoms with Gasteiger partial charge in [0, 0.05) is 6.20 Å². The molecular formula is C9H13N3. The van der Waals surface area contributed by atoms with E-state index in [1.54, 1.807) is 12.4 Å². The molecule has 0 aromatic carbocycles. The highest BCUT2D eigenvalue weighted by Crippen LogP contribution is 2.10. The van der Waals surface area contributed by atoms with Gasteiger partial charge in [0.2, 0.25) is 0 Å². The second-order valence-corrected chi connectivity index (χ2v) is 2.26. The minimum Gasteiger partial charge on any atom is -0.276 e. The fourth-order valence-electron chi connectivity index (χ4n) is 0.981. The molecule has 0 aliphatic heterocycles. The number of fused-ring (bicyclic) bond motifs is 1. The van der Waals surface area contributed by atoms with E-state index in [1.807, 2.05) is 26.8 Å². The standard InChI is InChI=1S/C7H7N3.C2H6/c1-5-2-3-8-6-4-9-10-7(5)6;1-2/h2-4H,1H3,(H,9,10);1-2H3. The Hall–Kier alpha value is -1.38. The molecule has 0 amide bonds. The van der Waals surface area contributed by atoms with E-state index in [2.05, 4.69) is 15.2 Å². The lowest BCUT2D eigenvalue weighted by atomic mass is 10.2. The second kappa shape index (κ2) is 3.85. The van der Waals surface area contributed by atoms with E-state index in [4.69, 9.17) is 0 Å². The van der Waals surface area contributed by atoms with Crippen LogP contribution in [0.2, 0.25) is 0 Å². The maximum atomic E-state index is 4.11. The molecule has 0 fully saturated rings. The van der Waals surface area contributed by atoms with Gasteiger partial charge in [0.15, 0.2) is 0 Å². The van der Waals surface area contributed by atoms with E-state index in [-0.39, 0.29) is 0 Å². The summed E-state index contributed by atoms with van der Waals surface area (Å²) in [4.78, 5) is 4.11. The first-order valence-corrected chi connectivity index (χ1v) is 4.12. The number of H-pyrrole nitrogens is 1. The van der Waals surface area contributed by atoms with Crippen molar-refractivity contribution in [1.82, 2.24) is 15.2 Å². The number of pyridine rings is 1. The third kappa shape index (κ3) is 1.44. The normalized spacial score (nSPS) is 9.25. The lowest BCUT2D eigenvalue weighted by molar-refractivity contribution is 1.11.